The van der Waals surface area contributed by atoms with Gasteiger partial charge >= 0.3 is 0 Å². The molecule has 2 N–H and O–H groups in total. The normalized spacial score (nSPS) is 17.0. The zero-order chi connectivity index (χ0) is 11.7. The molecule has 0 radical (unpaired) electrons. The largest absolute Gasteiger partial charge is 0.330 e. The van der Waals surface area contributed by atoms with E-state index in [2.05, 4.69) is 41.8 Å². The van der Waals surface area contributed by atoms with Crippen molar-refractivity contribution >= 4 is 11.3 Å². The molecule has 1 saturated carbocycles. The fourth-order valence-electron chi connectivity index (χ4n) is 2.35. The van der Waals surface area contributed by atoms with Crippen LogP contribution in [0.15, 0.2) is 41.8 Å². The molecular weight excluding hydrogens is 226 g/mol. The zero-order valence-electron chi connectivity index (χ0n) is 9.86. The molecule has 1 aromatic carbocycles. The van der Waals surface area contributed by atoms with E-state index in [1.165, 1.54) is 28.8 Å². The molecule has 0 unspecified atom stereocenters. The Morgan fingerprint density at radius 1 is 1.12 bits per heavy atom. The first kappa shape index (κ1) is 11.0. The molecule has 1 aromatic heterocycles. The van der Waals surface area contributed by atoms with Gasteiger partial charge in [0.15, 0.2) is 0 Å². The van der Waals surface area contributed by atoms with E-state index in [1.807, 2.05) is 11.3 Å². The van der Waals surface area contributed by atoms with Gasteiger partial charge in [0.2, 0.25) is 0 Å². The predicted molar refractivity (Wildman–Crippen MR) is 73.5 cm³/mol. The molecule has 0 spiro atoms. The van der Waals surface area contributed by atoms with Gasteiger partial charge in [-0.2, -0.15) is 0 Å². The number of rotatable bonds is 4. The van der Waals surface area contributed by atoms with Gasteiger partial charge in [-0.25, -0.2) is 0 Å². The molecule has 2 aromatic rings. The standard InChI is InChI=1S/C15H17NS/c16-11-15(7-8-15)13-5-3-12(4-6-13)10-14-2-1-9-17-14/h1-6,9H,7-8,10-11,16H2. The summed E-state index contributed by atoms with van der Waals surface area (Å²) in [5.41, 5.74) is 8.99. The highest BCUT2D eigenvalue weighted by Crippen LogP contribution is 2.47. The molecule has 1 aliphatic carbocycles. The molecule has 1 heterocycles. The number of benzene rings is 1. The molecule has 2 heteroatoms. The van der Waals surface area contributed by atoms with Crippen LogP contribution in [-0.4, -0.2) is 6.54 Å². The number of hydrogen-bond donors (Lipinski definition) is 1. The van der Waals surface area contributed by atoms with E-state index in [9.17, 15) is 0 Å². The summed E-state index contributed by atoms with van der Waals surface area (Å²) >= 11 is 1.82. The molecule has 0 atom stereocenters. The smallest absolute Gasteiger partial charge is 0.00890 e. The Kier molecular flexibility index (Phi) is 2.77. The lowest BCUT2D eigenvalue weighted by Gasteiger charge is -2.13. The van der Waals surface area contributed by atoms with Gasteiger partial charge < -0.3 is 5.73 Å². The van der Waals surface area contributed by atoms with Crippen molar-refractivity contribution in [2.24, 2.45) is 5.73 Å². The third-order valence-corrected chi connectivity index (χ3v) is 4.65. The predicted octanol–water partition coefficient (Wildman–Crippen LogP) is 3.33. The topological polar surface area (TPSA) is 26.0 Å². The van der Waals surface area contributed by atoms with Crippen LogP contribution >= 0.6 is 11.3 Å². The summed E-state index contributed by atoms with van der Waals surface area (Å²) in [6.45, 7) is 0.789. The van der Waals surface area contributed by atoms with Crippen LogP contribution in [0.3, 0.4) is 0 Å². The lowest BCUT2D eigenvalue weighted by molar-refractivity contribution is 0.704. The molecule has 0 aliphatic heterocycles. The van der Waals surface area contributed by atoms with Crippen molar-refractivity contribution in [3.8, 4) is 0 Å². The van der Waals surface area contributed by atoms with Crippen molar-refractivity contribution in [1.82, 2.24) is 0 Å². The quantitative estimate of drug-likeness (QED) is 0.875. The minimum Gasteiger partial charge on any atom is -0.330 e. The minimum absolute atomic E-state index is 0.321. The van der Waals surface area contributed by atoms with E-state index in [4.69, 9.17) is 5.73 Å². The summed E-state index contributed by atoms with van der Waals surface area (Å²) in [4.78, 5) is 1.43. The summed E-state index contributed by atoms with van der Waals surface area (Å²) < 4.78 is 0. The molecule has 1 aliphatic rings. The number of thiophene rings is 1. The monoisotopic (exact) mass is 243 g/mol. The van der Waals surface area contributed by atoms with Crippen LogP contribution in [0.5, 0.6) is 0 Å². The molecule has 88 valence electrons. The zero-order valence-corrected chi connectivity index (χ0v) is 10.7. The Bertz CT molecular complexity index is 480. The van der Waals surface area contributed by atoms with Gasteiger partial charge in [-0.1, -0.05) is 30.3 Å². The first-order chi connectivity index (χ1) is 8.32. The Hall–Kier alpha value is -1.12. The van der Waals surface area contributed by atoms with Gasteiger partial charge in [0.1, 0.15) is 0 Å². The fourth-order valence-corrected chi connectivity index (χ4v) is 3.09. The van der Waals surface area contributed by atoms with Crippen molar-refractivity contribution in [2.75, 3.05) is 6.54 Å². The van der Waals surface area contributed by atoms with Crippen molar-refractivity contribution in [2.45, 2.75) is 24.7 Å². The highest BCUT2D eigenvalue weighted by molar-refractivity contribution is 7.09. The third-order valence-electron chi connectivity index (χ3n) is 3.77. The lowest BCUT2D eigenvalue weighted by Crippen LogP contribution is -2.19. The van der Waals surface area contributed by atoms with Crippen LogP contribution in [-0.2, 0) is 11.8 Å². The van der Waals surface area contributed by atoms with E-state index in [0.29, 0.717) is 5.41 Å². The molecule has 1 nitrogen and oxygen atoms in total. The first-order valence-corrected chi connectivity index (χ1v) is 7.02. The second-order valence-electron chi connectivity index (χ2n) is 4.94. The molecule has 1 fully saturated rings. The van der Waals surface area contributed by atoms with Gasteiger partial charge in [0.05, 0.1) is 0 Å². The van der Waals surface area contributed by atoms with Crippen molar-refractivity contribution in [3.05, 3.63) is 57.8 Å². The average molecular weight is 243 g/mol. The molecule has 0 bridgehead atoms. The Labute approximate surface area is 106 Å². The van der Waals surface area contributed by atoms with Crippen molar-refractivity contribution < 1.29 is 0 Å². The Balaban J connectivity index is 1.76. The second kappa shape index (κ2) is 4.28. The maximum absolute atomic E-state index is 5.85. The summed E-state index contributed by atoms with van der Waals surface area (Å²) in [7, 11) is 0. The fraction of sp³-hybridized carbons (Fsp3) is 0.333. The SMILES string of the molecule is NCC1(c2ccc(Cc3cccs3)cc2)CC1. The van der Waals surface area contributed by atoms with Gasteiger partial charge in [-0.05, 0) is 35.4 Å². The van der Waals surface area contributed by atoms with E-state index in [-0.39, 0.29) is 0 Å². The van der Waals surface area contributed by atoms with E-state index < -0.39 is 0 Å². The van der Waals surface area contributed by atoms with Crippen molar-refractivity contribution in [1.29, 1.82) is 0 Å². The molecule has 0 amide bonds. The molecule has 0 saturated heterocycles. The van der Waals surface area contributed by atoms with Gasteiger partial charge in [0, 0.05) is 23.3 Å². The average Bonchev–Trinajstić information content (AvgIpc) is 3.01. The van der Waals surface area contributed by atoms with Crippen LogP contribution < -0.4 is 5.73 Å². The van der Waals surface area contributed by atoms with E-state index in [1.54, 1.807) is 0 Å². The third kappa shape index (κ3) is 2.15. The van der Waals surface area contributed by atoms with Gasteiger partial charge in [-0.3, -0.25) is 0 Å². The summed E-state index contributed by atoms with van der Waals surface area (Å²) in [5.74, 6) is 0. The summed E-state index contributed by atoms with van der Waals surface area (Å²) in [5, 5.41) is 2.14. The van der Waals surface area contributed by atoms with Crippen LogP contribution in [0.4, 0.5) is 0 Å². The van der Waals surface area contributed by atoms with E-state index in [0.717, 1.165) is 13.0 Å². The summed E-state index contributed by atoms with van der Waals surface area (Å²) in [6, 6.07) is 13.4. The minimum atomic E-state index is 0.321. The second-order valence-corrected chi connectivity index (χ2v) is 5.97. The van der Waals surface area contributed by atoms with E-state index >= 15 is 0 Å². The molecule has 3 rings (SSSR count). The van der Waals surface area contributed by atoms with Gasteiger partial charge in [-0.15, -0.1) is 11.3 Å². The van der Waals surface area contributed by atoms with Crippen molar-refractivity contribution in [3.63, 3.8) is 0 Å². The van der Waals surface area contributed by atoms with Crippen LogP contribution in [0.1, 0.15) is 28.8 Å². The number of nitrogens with two attached hydrogens (primary N) is 1. The Morgan fingerprint density at radius 2 is 1.88 bits per heavy atom. The number of hydrogen-bond acceptors (Lipinski definition) is 2. The van der Waals surface area contributed by atoms with Crippen LogP contribution in [0, 0.1) is 0 Å². The molecular formula is C15H17NS. The lowest BCUT2D eigenvalue weighted by atomic mass is 9.95. The summed E-state index contributed by atoms with van der Waals surface area (Å²) in [6.07, 6.45) is 3.56. The maximum atomic E-state index is 5.85. The molecule has 17 heavy (non-hydrogen) atoms. The van der Waals surface area contributed by atoms with Gasteiger partial charge in [0.25, 0.3) is 0 Å². The van der Waals surface area contributed by atoms with Crippen LogP contribution in [0.2, 0.25) is 0 Å². The maximum Gasteiger partial charge on any atom is 0.00890 e. The van der Waals surface area contributed by atoms with Crippen LogP contribution in [0.25, 0.3) is 0 Å². The highest BCUT2D eigenvalue weighted by atomic mass is 32.1. The first-order valence-electron chi connectivity index (χ1n) is 6.14. The highest BCUT2D eigenvalue weighted by Gasteiger charge is 2.42. The Morgan fingerprint density at radius 3 is 2.41 bits per heavy atom.